The second-order valence-corrected chi connectivity index (χ2v) is 8.85. The number of nitrogens with zero attached hydrogens (tertiary/aromatic N) is 1. The molecule has 0 saturated carbocycles. The van der Waals surface area contributed by atoms with Crippen LogP contribution in [0, 0.1) is 0 Å². The molecular weight excluding hydrogens is 444 g/mol. The SMILES string of the molecule is CC.CCCCCCCOc1ccc(C(=O)Oc2ccc(CNCC(=O)OC(C)(C)C)nc2)cc1. The van der Waals surface area contributed by atoms with Gasteiger partial charge in [-0.05, 0) is 63.6 Å². The predicted octanol–water partition coefficient (Wildman–Crippen LogP) is 6.11. The molecule has 0 atom stereocenters. The molecule has 0 unspecified atom stereocenters. The van der Waals surface area contributed by atoms with Gasteiger partial charge < -0.3 is 19.5 Å². The summed E-state index contributed by atoms with van der Waals surface area (Å²) in [4.78, 5) is 28.3. The van der Waals surface area contributed by atoms with Gasteiger partial charge in [-0.25, -0.2) is 4.79 Å². The van der Waals surface area contributed by atoms with Gasteiger partial charge in [-0.15, -0.1) is 0 Å². The summed E-state index contributed by atoms with van der Waals surface area (Å²) in [6.07, 6.45) is 7.42. The van der Waals surface area contributed by atoms with E-state index in [-0.39, 0.29) is 12.5 Å². The number of carbonyl (C=O) groups excluding carboxylic acids is 2. The van der Waals surface area contributed by atoms with Gasteiger partial charge in [0.05, 0.1) is 30.6 Å². The average molecular weight is 487 g/mol. The van der Waals surface area contributed by atoms with Crippen molar-refractivity contribution in [2.75, 3.05) is 13.2 Å². The van der Waals surface area contributed by atoms with E-state index in [1.807, 2.05) is 34.6 Å². The zero-order valence-electron chi connectivity index (χ0n) is 22.2. The maximum absolute atomic E-state index is 12.4. The third-order valence-corrected chi connectivity index (χ3v) is 4.61. The summed E-state index contributed by atoms with van der Waals surface area (Å²) in [6, 6.07) is 10.3. The molecule has 2 rings (SSSR count). The van der Waals surface area contributed by atoms with Crippen molar-refractivity contribution >= 4 is 11.9 Å². The number of esters is 2. The normalized spacial score (nSPS) is 10.7. The number of nitrogens with one attached hydrogen (secondary N) is 1. The Morgan fingerprint density at radius 2 is 1.57 bits per heavy atom. The Kier molecular flexibility index (Phi) is 14.3. The van der Waals surface area contributed by atoms with Crippen molar-refractivity contribution in [3.8, 4) is 11.5 Å². The average Bonchev–Trinajstić information content (AvgIpc) is 2.83. The molecule has 0 spiro atoms. The van der Waals surface area contributed by atoms with Gasteiger partial charge in [0, 0.05) is 6.54 Å². The third-order valence-electron chi connectivity index (χ3n) is 4.61. The number of pyridine rings is 1. The highest BCUT2D eigenvalue weighted by molar-refractivity contribution is 5.91. The Balaban J connectivity index is 0.00000298. The van der Waals surface area contributed by atoms with E-state index in [2.05, 4.69) is 17.2 Å². The van der Waals surface area contributed by atoms with Crippen molar-refractivity contribution in [1.29, 1.82) is 0 Å². The van der Waals surface area contributed by atoms with Gasteiger partial charge in [-0.3, -0.25) is 9.78 Å². The van der Waals surface area contributed by atoms with E-state index >= 15 is 0 Å². The van der Waals surface area contributed by atoms with Crippen molar-refractivity contribution in [2.24, 2.45) is 0 Å². The number of carbonyl (C=O) groups is 2. The lowest BCUT2D eigenvalue weighted by Gasteiger charge is -2.19. The first-order valence-corrected chi connectivity index (χ1v) is 12.6. The number of rotatable bonds is 13. The molecular formula is C28H42N2O5. The number of ether oxygens (including phenoxy) is 3. The number of benzene rings is 1. The van der Waals surface area contributed by atoms with E-state index in [1.54, 1.807) is 36.4 Å². The molecule has 0 aliphatic rings. The minimum Gasteiger partial charge on any atom is -0.494 e. The molecule has 0 aliphatic heterocycles. The van der Waals surface area contributed by atoms with E-state index in [0.29, 0.717) is 24.5 Å². The molecule has 0 bridgehead atoms. The lowest BCUT2D eigenvalue weighted by Crippen LogP contribution is -2.31. The molecule has 194 valence electrons. The van der Waals surface area contributed by atoms with Gasteiger partial charge in [0.1, 0.15) is 17.1 Å². The Morgan fingerprint density at radius 3 is 2.17 bits per heavy atom. The van der Waals surface area contributed by atoms with E-state index in [9.17, 15) is 9.59 Å². The van der Waals surface area contributed by atoms with Crippen LogP contribution in [0.2, 0.25) is 0 Å². The minimum atomic E-state index is -0.510. The van der Waals surface area contributed by atoms with Gasteiger partial charge in [-0.1, -0.05) is 46.5 Å². The van der Waals surface area contributed by atoms with Gasteiger partial charge in [-0.2, -0.15) is 0 Å². The van der Waals surface area contributed by atoms with Gasteiger partial charge in [0.2, 0.25) is 0 Å². The van der Waals surface area contributed by atoms with Crippen molar-refractivity contribution in [2.45, 2.75) is 85.8 Å². The fraction of sp³-hybridized carbons (Fsp3) is 0.536. The molecule has 0 radical (unpaired) electrons. The molecule has 7 nitrogen and oxygen atoms in total. The molecule has 35 heavy (non-hydrogen) atoms. The lowest BCUT2D eigenvalue weighted by molar-refractivity contribution is -0.153. The van der Waals surface area contributed by atoms with Crippen LogP contribution in [-0.4, -0.2) is 35.7 Å². The summed E-state index contributed by atoms with van der Waals surface area (Å²) in [6.45, 7) is 12.8. The fourth-order valence-electron chi connectivity index (χ4n) is 2.99. The van der Waals surface area contributed by atoms with Crippen molar-refractivity contribution in [1.82, 2.24) is 10.3 Å². The van der Waals surface area contributed by atoms with E-state index in [0.717, 1.165) is 17.9 Å². The Morgan fingerprint density at radius 1 is 0.914 bits per heavy atom. The first kappa shape index (κ1) is 30.1. The van der Waals surface area contributed by atoms with E-state index < -0.39 is 11.6 Å². The fourth-order valence-corrected chi connectivity index (χ4v) is 2.99. The number of unbranched alkanes of at least 4 members (excludes halogenated alkanes) is 4. The minimum absolute atomic E-state index is 0.0915. The number of aromatic nitrogens is 1. The smallest absolute Gasteiger partial charge is 0.343 e. The molecule has 0 saturated heterocycles. The van der Waals surface area contributed by atoms with E-state index in [1.165, 1.54) is 31.9 Å². The lowest BCUT2D eigenvalue weighted by atomic mass is 10.2. The van der Waals surface area contributed by atoms with Crippen molar-refractivity contribution < 1.29 is 23.8 Å². The number of hydrogen-bond donors (Lipinski definition) is 1. The number of hydrogen-bond acceptors (Lipinski definition) is 7. The van der Waals surface area contributed by atoms with Crippen LogP contribution in [0.5, 0.6) is 11.5 Å². The standard InChI is InChI=1S/C26H36N2O5.C2H6/c1-5-6-7-8-9-16-31-22-13-10-20(11-14-22)25(30)32-23-15-12-21(28-18-23)17-27-19-24(29)33-26(2,3)4;1-2/h10-15,18,27H,5-9,16-17,19H2,1-4H3;1-2H3. The van der Waals surface area contributed by atoms with Crippen molar-refractivity contribution in [3.05, 3.63) is 53.9 Å². The zero-order valence-corrected chi connectivity index (χ0v) is 22.2. The summed E-state index contributed by atoms with van der Waals surface area (Å²) in [5.74, 6) is 0.311. The van der Waals surface area contributed by atoms with Gasteiger partial charge >= 0.3 is 11.9 Å². The van der Waals surface area contributed by atoms with E-state index in [4.69, 9.17) is 14.2 Å². The molecule has 1 heterocycles. The molecule has 1 N–H and O–H groups in total. The van der Waals surface area contributed by atoms with Crippen LogP contribution in [0.3, 0.4) is 0 Å². The van der Waals surface area contributed by atoms with Crippen LogP contribution in [0.4, 0.5) is 0 Å². The molecule has 1 aromatic carbocycles. The van der Waals surface area contributed by atoms with Gasteiger partial charge in [0.25, 0.3) is 0 Å². The first-order chi connectivity index (χ1) is 16.8. The Bertz CT molecular complexity index is 858. The summed E-state index contributed by atoms with van der Waals surface area (Å²) in [7, 11) is 0. The molecule has 0 amide bonds. The highest BCUT2D eigenvalue weighted by atomic mass is 16.6. The van der Waals surface area contributed by atoms with Crippen molar-refractivity contribution in [3.63, 3.8) is 0 Å². The molecule has 0 fully saturated rings. The van der Waals surface area contributed by atoms with Crippen LogP contribution in [0.25, 0.3) is 0 Å². The van der Waals surface area contributed by atoms with Gasteiger partial charge in [0.15, 0.2) is 0 Å². The maximum atomic E-state index is 12.4. The summed E-state index contributed by atoms with van der Waals surface area (Å²) in [5.41, 5.74) is 0.645. The monoisotopic (exact) mass is 486 g/mol. The molecule has 7 heteroatoms. The summed E-state index contributed by atoms with van der Waals surface area (Å²) < 4.78 is 16.4. The van der Waals surface area contributed by atoms with Crippen LogP contribution in [0.15, 0.2) is 42.6 Å². The van der Waals surface area contributed by atoms with Crippen LogP contribution < -0.4 is 14.8 Å². The Hall–Kier alpha value is -2.93. The van der Waals surface area contributed by atoms with Crippen LogP contribution in [-0.2, 0) is 16.1 Å². The van der Waals surface area contributed by atoms with Crippen LogP contribution in [0.1, 0.15) is 89.7 Å². The topological polar surface area (TPSA) is 86.8 Å². The zero-order chi connectivity index (χ0) is 26.1. The van der Waals surface area contributed by atoms with Crippen LogP contribution >= 0.6 is 0 Å². The maximum Gasteiger partial charge on any atom is 0.343 e. The second kappa shape index (κ2) is 16.7. The predicted molar refractivity (Wildman–Crippen MR) is 139 cm³/mol. The highest BCUT2D eigenvalue weighted by Gasteiger charge is 2.15. The quantitative estimate of drug-likeness (QED) is 0.270. The first-order valence-electron chi connectivity index (χ1n) is 12.6. The molecule has 2 aromatic rings. The largest absolute Gasteiger partial charge is 0.494 e. The third kappa shape index (κ3) is 13.5. The molecule has 1 aromatic heterocycles. The second-order valence-electron chi connectivity index (χ2n) is 8.85. The Labute approximate surface area is 210 Å². The summed E-state index contributed by atoms with van der Waals surface area (Å²) >= 11 is 0. The summed E-state index contributed by atoms with van der Waals surface area (Å²) in [5, 5.41) is 2.99. The molecule has 0 aliphatic carbocycles. The highest BCUT2D eigenvalue weighted by Crippen LogP contribution is 2.16.